The largest absolute Gasteiger partial charge is 0.388 e. The molecule has 0 amide bonds. The molecule has 0 bridgehead atoms. The van der Waals surface area contributed by atoms with Crippen LogP contribution < -0.4 is 0 Å². The van der Waals surface area contributed by atoms with E-state index in [1.807, 2.05) is 0 Å². The topological polar surface area (TPSA) is 20.2 Å². The van der Waals surface area contributed by atoms with E-state index in [0.29, 0.717) is 0 Å². The average molecular weight is 244 g/mol. The lowest BCUT2D eigenvalue weighted by Crippen LogP contribution is -2.17. The Bertz CT molecular complexity index is 400. The van der Waals surface area contributed by atoms with Gasteiger partial charge in [-0.3, -0.25) is 0 Å². The predicted octanol–water partition coefficient (Wildman–Crippen LogP) is 3.72. The van der Waals surface area contributed by atoms with E-state index in [9.17, 15) is 18.3 Å². The normalized spacial score (nSPS) is 19.3. The quantitative estimate of drug-likeness (QED) is 0.786. The molecule has 17 heavy (non-hydrogen) atoms. The van der Waals surface area contributed by atoms with Crippen molar-refractivity contribution in [2.75, 3.05) is 0 Å². The zero-order valence-electron chi connectivity index (χ0n) is 9.43. The number of hydrogen-bond donors (Lipinski definition) is 1. The number of aliphatic hydroxyl groups excluding tert-OH is 1. The van der Waals surface area contributed by atoms with Gasteiger partial charge in [-0.15, -0.1) is 0 Å². The van der Waals surface area contributed by atoms with E-state index in [-0.39, 0.29) is 11.5 Å². The molecule has 1 aromatic rings. The molecule has 1 N–H and O–H groups in total. The average Bonchev–Trinajstić information content (AvgIpc) is 2.36. The zero-order chi connectivity index (χ0) is 12.4. The van der Waals surface area contributed by atoms with Crippen LogP contribution in [0.2, 0.25) is 0 Å². The molecule has 1 aliphatic carbocycles. The standard InChI is InChI=1S/C13H15F3O/c14-10-7-6-9(11(15)12(10)16)13(17)8-4-2-1-3-5-8/h6-8,13,17H,1-5H2. The molecule has 94 valence electrons. The Morgan fingerprint density at radius 2 is 1.65 bits per heavy atom. The van der Waals surface area contributed by atoms with Crippen molar-refractivity contribution in [2.24, 2.45) is 5.92 Å². The highest BCUT2D eigenvalue weighted by Crippen LogP contribution is 2.35. The third kappa shape index (κ3) is 2.46. The number of hydrogen-bond acceptors (Lipinski definition) is 1. The molecule has 0 heterocycles. The summed E-state index contributed by atoms with van der Waals surface area (Å²) < 4.78 is 39.3. The molecule has 1 fully saturated rings. The molecule has 4 heteroatoms. The van der Waals surface area contributed by atoms with E-state index < -0.39 is 23.6 Å². The number of halogens is 3. The Hall–Kier alpha value is -1.03. The van der Waals surface area contributed by atoms with Gasteiger partial charge in [-0.2, -0.15) is 0 Å². The van der Waals surface area contributed by atoms with E-state index in [1.165, 1.54) is 0 Å². The van der Waals surface area contributed by atoms with Crippen LogP contribution in [0.25, 0.3) is 0 Å². The van der Waals surface area contributed by atoms with Crippen LogP contribution in [0.3, 0.4) is 0 Å². The van der Waals surface area contributed by atoms with Crippen molar-refractivity contribution in [1.29, 1.82) is 0 Å². The molecule has 1 nitrogen and oxygen atoms in total. The van der Waals surface area contributed by atoms with Gasteiger partial charge in [-0.25, -0.2) is 13.2 Å². The summed E-state index contributed by atoms with van der Waals surface area (Å²) in [6, 6.07) is 1.99. The third-order valence-corrected chi connectivity index (χ3v) is 3.48. The minimum absolute atomic E-state index is 0.0527. The monoisotopic (exact) mass is 244 g/mol. The Kier molecular flexibility index (Phi) is 3.72. The lowest BCUT2D eigenvalue weighted by atomic mass is 9.82. The molecule has 1 aliphatic rings. The van der Waals surface area contributed by atoms with Crippen LogP contribution in [0, 0.1) is 23.4 Å². The summed E-state index contributed by atoms with van der Waals surface area (Å²) in [5.74, 6) is -4.04. The summed E-state index contributed by atoms with van der Waals surface area (Å²) in [6.07, 6.45) is 3.67. The van der Waals surface area contributed by atoms with Gasteiger partial charge in [0.05, 0.1) is 6.10 Å². The van der Waals surface area contributed by atoms with Gasteiger partial charge in [0.25, 0.3) is 0 Å². The first-order valence-electron chi connectivity index (χ1n) is 5.92. The number of rotatable bonds is 2. The Morgan fingerprint density at radius 3 is 2.29 bits per heavy atom. The van der Waals surface area contributed by atoms with E-state index in [2.05, 4.69) is 0 Å². The van der Waals surface area contributed by atoms with E-state index in [4.69, 9.17) is 0 Å². The smallest absolute Gasteiger partial charge is 0.194 e. The second kappa shape index (κ2) is 5.08. The summed E-state index contributed by atoms with van der Waals surface area (Å²) in [7, 11) is 0. The third-order valence-electron chi connectivity index (χ3n) is 3.48. The van der Waals surface area contributed by atoms with Gasteiger partial charge in [0.1, 0.15) is 0 Å². The highest BCUT2D eigenvalue weighted by Gasteiger charge is 2.27. The first-order chi connectivity index (χ1) is 8.11. The molecule has 0 radical (unpaired) electrons. The van der Waals surface area contributed by atoms with Gasteiger partial charge in [-0.05, 0) is 24.8 Å². The van der Waals surface area contributed by atoms with Crippen molar-refractivity contribution in [3.8, 4) is 0 Å². The minimum atomic E-state index is -1.50. The van der Waals surface area contributed by atoms with E-state index in [0.717, 1.165) is 44.2 Å². The van der Waals surface area contributed by atoms with Crippen LogP contribution >= 0.6 is 0 Å². The molecule has 1 unspecified atom stereocenters. The molecular weight excluding hydrogens is 229 g/mol. The van der Waals surface area contributed by atoms with Crippen LogP contribution in [0.1, 0.15) is 43.8 Å². The molecular formula is C13H15F3O. The highest BCUT2D eigenvalue weighted by molar-refractivity contribution is 5.23. The molecule has 1 aromatic carbocycles. The lowest BCUT2D eigenvalue weighted by molar-refractivity contribution is 0.0807. The van der Waals surface area contributed by atoms with Gasteiger partial charge in [0.15, 0.2) is 17.5 Å². The first-order valence-corrected chi connectivity index (χ1v) is 5.92. The van der Waals surface area contributed by atoms with Crippen molar-refractivity contribution in [3.63, 3.8) is 0 Å². The SMILES string of the molecule is OC(c1ccc(F)c(F)c1F)C1CCCCC1. The highest BCUT2D eigenvalue weighted by atomic mass is 19.2. The maximum absolute atomic E-state index is 13.5. The van der Waals surface area contributed by atoms with Crippen LogP contribution in [0.15, 0.2) is 12.1 Å². The zero-order valence-corrected chi connectivity index (χ0v) is 9.43. The van der Waals surface area contributed by atoms with E-state index >= 15 is 0 Å². The summed E-state index contributed by atoms with van der Waals surface area (Å²) in [5, 5.41) is 10.0. The Labute approximate surface area is 98.3 Å². The fourth-order valence-electron chi connectivity index (χ4n) is 2.47. The van der Waals surface area contributed by atoms with Gasteiger partial charge >= 0.3 is 0 Å². The van der Waals surface area contributed by atoms with Crippen LogP contribution in [-0.2, 0) is 0 Å². The fraction of sp³-hybridized carbons (Fsp3) is 0.538. The summed E-state index contributed by atoms with van der Waals surface area (Å²) in [5.41, 5.74) is -0.129. The molecule has 0 saturated heterocycles. The summed E-state index contributed by atoms with van der Waals surface area (Å²) in [4.78, 5) is 0. The maximum atomic E-state index is 13.5. The van der Waals surface area contributed by atoms with Gasteiger partial charge < -0.3 is 5.11 Å². The van der Waals surface area contributed by atoms with Crippen molar-refractivity contribution in [2.45, 2.75) is 38.2 Å². The molecule has 0 aliphatic heterocycles. The molecule has 0 spiro atoms. The number of aliphatic hydroxyl groups is 1. The second-order valence-corrected chi connectivity index (χ2v) is 4.61. The van der Waals surface area contributed by atoms with Crippen molar-refractivity contribution in [1.82, 2.24) is 0 Å². The van der Waals surface area contributed by atoms with Crippen molar-refractivity contribution in [3.05, 3.63) is 35.1 Å². The number of benzene rings is 1. The first kappa shape index (κ1) is 12.4. The van der Waals surface area contributed by atoms with Gasteiger partial charge in [0, 0.05) is 5.56 Å². The summed E-state index contributed by atoms with van der Waals surface area (Å²) >= 11 is 0. The maximum Gasteiger partial charge on any atom is 0.194 e. The van der Waals surface area contributed by atoms with E-state index in [1.54, 1.807) is 0 Å². The van der Waals surface area contributed by atoms with Crippen molar-refractivity contribution < 1.29 is 18.3 Å². The minimum Gasteiger partial charge on any atom is -0.388 e. The molecule has 1 atom stereocenters. The summed E-state index contributed by atoms with van der Waals surface area (Å²) in [6.45, 7) is 0. The molecule has 1 saturated carbocycles. The van der Waals surface area contributed by atoms with Crippen LogP contribution in [0.5, 0.6) is 0 Å². The fourth-order valence-corrected chi connectivity index (χ4v) is 2.47. The Morgan fingerprint density at radius 1 is 1.00 bits per heavy atom. The predicted molar refractivity (Wildman–Crippen MR) is 57.9 cm³/mol. The van der Waals surface area contributed by atoms with Crippen LogP contribution in [0.4, 0.5) is 13.2 Å². The molecule has 2 rings (SSSR count). The second-order valence-electron chi connectivity index (χ2n) is 4.61. The lowest BCUT2D eigenvalue weighted by Gasteiger charge is -2.27. The van der Waals surface area contributed by atoms with Gasteiger partial charge in [0.2, 0.25) is 0 Å². The van der Waals surface area contributed by atoms with Crippen LogP contribution in [-0.4, -0.2) is 5.11 Å². The Balaban J connectivity index is 2.24. The van der Waals surface area contributed by atoms with Gasteiger partial charge in [-0.1, -0.05) is 25.3 Å². The molecule has 0 aromatic heterocycles. The van der Waals surface area contributed by atoms with Crippen molar-refractivity contribution >= 4 is 0 Å².